The molecule has 2 aromatic heterocycles. The molecule has 35 heavy (non-hydrogen) atoms. The summed E-state index contributed by atoms with van der Waals surface area (Å²) in [6.07, 6.45) is -0.967. The van der Waals surface area contributed by atoms with E-state index in [0.717, 1.165) is 28.0 Å². The maximum absolute atomic E-state index is 14.5. The molecule has 0 radical (unpaired) electrons. The lowest BCUT2D eigenvalue weighted by atomic mass is 9.85. The van der Waals surface area contributed by atoms with Crippen molar-refractivity contribution >= 4 is 22.4 Å². The Hall–Kier alpha value is -4.01. The molecule has 0 amide bonds. The molecule has 178 valence electrons. The number of alkyl halides is 3. The Bertz CT molecular complexity index is 1500. The highest BCUT2D eigenvalue weighted by Crippen LogP contribution is 2.39. The fourth-order valence-corrected chi connectivity index (χ4v) is 4.69. The van der Waals surface area contributed by atoms with Gasteiger partial charge in [-0.05, 0) is 41.6 Å². The average Bonchev–Trinajstić information content (AvgIpc) is 3.16. The molecule has 2 aromatic carbocycles. The summed E-state index contributed by atoms with van der Waals surface area (Å²) in [5.74, 6) is -1.42. The second-order valence-electron chi connectivity index (χ2n) is 8.67. The van der Waals surface area contributed by atoms with Crippen molar-refractivity contribution in [3.63, 3.8) is 0 Å². The van der Waals surface area contributed by atoms with Crippen molar-refractivity contribution < 1.29 is 22.4 Å². The molecule has 0 saturated heterocycles. The van der Waals surface area contributed by atoms with Crippen molar-refractivity contribution in [3.8, 4) is 0 Å². The van der Waals surface area contributed by atoms with Crippen LogP contribution in [0.4, 0.5) is 23.4 Å². The molecule has 5 rings (SSSR count). The fraction of sp³-hybridized carbons (Fsp3) is 0.192. The number of Topliss-reactive ketones (excluding diaryl/α,β-unsaturated/α-hetero) is 1. The molecule has 9 heteroatoms. The van der Waals surface area contributed by atoms with Gasteiger partial charge in [0.1, 0.15) is 17.7 Å². The smallest absolute Gasteiger partial charge is 0.382 e. The van der Waals surface area contributed by atoms with Crippen LogP contribution in [0.2, 0.25) is 0 Å². The summed E-state index contributed by atoms with van der Waals surface area (Å²) >= 11 is 0. The average molecular weight is 480 g/mol. The number of pyridine rings is 1. The van der Waals surface area contributed by atoms with Crippen molar-refractivity contribution in [2.45, 2.75) is 32.0 Å². The summed E-state index contributed by atoms with van der Waals surface area (Å²) < 4.78 is 55.5. The van der Waals surface area contributed by atoms with Crippen LogP contribution in [0.3, 0.4) is 0 Å². The van der Waals surface area contributed by atoms with E-state index in [0.29, 0.717) is 23.8 Å². The summed E-state index contributed by atoms with van der Waals surface area (Å²) in [4.78, 5) is 17.7. The van der Waals surface area contributed by atoms with Gasteiger partial charge in [-0.25, -0.2) is 4.39 Å². The Kier molecular flexibility index (Phi) is 5.42. The highest BCUT2D eigenvalue weighted by Gasteiger charge is 2.37. The van der Waals surface area contributed by atoms with Gasteiger partial charge in [-0.1, -0.05) is 29.8 Å². The largest absolute Gasteiger partial charge is 0.419 e. The number of hydrogen-bond donors (Lipinski definition) is 1. The number of hydrogen-bond acceptors (Lipinski definition) is 4. The molecule has 1 aliphatic rings. The predicted molar refractivity (Wildman–Crippen MR) is 123 cm³/mol. The maximum atomic E-state index is 14.5. The van der Waals surface area contributed by atoms with E-state index in [1.54, 1.807) is 25.4 Å². The molecule has 1 unspecified atom stereocenters. The zero-order chi connectivity index (χ0) is 24.9. The number of carbonyl (C=O) groups excluding carboxylic acids is 1. The van der Waals surface area contributed by atoms with Crippen LogP contribution in [0, 0.1) is 5.82 Å². The van der Waals surface area contributed by atoms with E-state index < -0.39 is 23.6 Å². The maximum Gasteiger partial charge on any atom is 0.419 e. The normalized spacial score (nSPS) is 16.0. The molecular weight excluding hydrogens is 460 g/mol. The number of ketones is 1. The number of carbonyl (C=O) groups is 1. The Morgan fingerprint density at radius 3 is 2.66 bits per heavy atom. The minimum absolute atomic E-state index is 0.0661. The molecule has 0 spiro atoms. The van der Waals surface area contributed by atoms with Crippen LogP contribution in [-0.4, -0.2) is 20.5 Å². The Morgan fingerprint density at radius 2 is 1.91 bits per heavy atom. The second-order valence-corrected chi connectivity index (χ2v) is 8.67. The summed E-state index contributed by atoms with van der Waals surface area (Å²) in [6, 6.07) is 10.9. The van der Waals surface area contributed by atoms with E-state index in [4.69, 9.17) is 5.73 Å². The zero-order valence-electron chi connectivity index (χ0n) is 18.6. The van der Waals surface area contributed by atoms with E-state index in [1.165, 1.54) is 10.7 Å². The number of fused-ring (bicyclic) bond motifs is 2. The second kappa shape index (κ2) is 8.33. The quantitative estimate of drug-likeness (QED) is 0.395. The number of nitrogens with two attached hydrogens (primary N) is 1. The Balaban J connectivity index is 1.57. The molecule has 0 saturated carbocycles. The third kappa shape index (κ3) is 4.18. The lowest BCUT2D eigenvalue weighted by Crippen LogP contribution is -2.28. The van der Waals surface area contributed by atoms with E-state index in [9.17, 15) is 22.4 Å². The minimum atomic E-state index is -4.83. The third-order valence-electron chi connectivity index (χ3n) is 6.24. The number of halogens is 4. The first-order valence-corrected chi connectivity index (χ1v) is 10.9. The molecule has 4 aromatic rings. The van der Waals surface area contributed by atoms with Crippen LogP contribution in [-0.2, 0) is 23.8 Å². The number of nitrogen functional groups attached to an aromatic ring is 1. The van der Waals surface area contributed by atoms with Crippen molar-refractivity contribution in [2.24, 2.45) is 0 Å². The van der Waals surface area contributed by atoms with Crippen LogP contribution >= 0.6 is 0 Å². The van der Waals surface area contributed by atoms with Gasteiger partial charge in [0.25, 0.3) is 0 Å². The predicted octanol–water partition coefficient (Wildman–Crippen LogP) is 5.45. The molecule has 0 fully saturated rings. The van der Waals surface area contributed by atoms with Gasteiger partial charge < -0.3 is 5.73 Å². The zero-order valence-corrected chi connectivity index (χ0v) is 18.6. The van der Waals surface area contributed by atoms with Crippen LogP contribution in [0.1, 0.15) is 35.3 Å². The molecule has 1 aliphatic heterocycles. The van der Waals surface area contributed by atoms with Crippen molar-refractivity contribution in [2.75, 3.05) is 5.73 Å². The number of benzene rings is 2. The Labute approximate surface area is 197 Å². The first-order valence-electron chi connectivity index (χ1n) is 10.9. The first kappa shape index (κ1) is 22.8. The van der Waals surface area contributed by atoms with E-state index in [2.05, 4.69) is 10.1 Å². The summed E-state index contributed by atoms with van der Waals surface area (Å²) in [7, 11) is 0. The van der Waals surface area contributed by atoms with Crippen molar-refractivity contribution in [3.05, 3.63) is 100 Å². The van der Waals surface area contributed by atoms with Gasteiger partial charge in [0.15, 0.2) is 5.78 Å². The van der Waals surface area contributed by atoms with E-state index >= 15 is 0 Å². The van der Waals surface area contributed by atoms with Crippen LogP contribution in [0.15, 0.2) is 72.1 Å². The van der Waals surface area contributed by atoms with Crippen molar-refractivity contribution in [1.82, 2.24) is 14.8 Å². The highest BCUT2D eigenvalue weighted by atomic mass is 19.4. The number of anilines is 1. The topological polar surface area (TPSA) is 73.8 Å². The van der Waals surface area contributed by atoms with Gasteiger partial charge in [0, 0.05) is 48.0 Å². The van der Waals surface area contributed by atoms with Gasteiger partial charge in [-0.3, -0.25) is 14.5 Å². The molecule has 5 nitrogen and oxygen atoms in total. The highest BCUT2D eigenvalue weighted by molar-refractivity contribution is 5.99. The van der Waals surface area contributed by atoms with Gasteiger partial charge in [-0.15, -0.1) is 0 Å². The van der Waals surface area contributed by atoms with Gasteiger partial charge in [-0.2, -0.15) is 18.3 Å². The third-order valence-corrected chi connectivity index (χ3v) is 6.24. The monoisotopic (exact) mass is 480 g/mol. The van der Waals surface area contributed by atoms with Crippen LogP contribution < -0.4 is 5.73 Å². The number of aromatic nitrogens is 3. The molecule has 3 heterocycles. The van der Waals surface area contributed by atoms with Crippen LogP contribution in [0.25, 0.3) is 10.8 Å². The number of allylic oxidation sites excluding steroid dienone is 2. The standard InChI is InChI=1S/C26H20F4N4O/c1-14-8-19-12-23(31)33-34(19)25(17-4-5-20(21(27)11-17)26(28,29)30)24(14)22(35)10-15-2-3-18-13-32-7-6-16(18)9-15/h2-7,9,11-13,25H,8,10H2,1H3,(H2,31,33). The summed E-state index contributed by atoms with van der Waals surface area (Å²) in [5.41, 5.74) is 7.29. The van der Waals surface area contributed by atoms with Gasteiger partial charge >= 0.3 is 6.18 Å². The Morgan fingerprint density at radius 1 is 1.11 bits per heavy atom. The number of nitrogens with zero attached hydrogens (tertiary/aromatic N) is 3. The first-order chi connectivity index (χ1) is 16.6. The van der Waals surface area contributed by atoms with E-state index in [-0.39, 0.29) is 23.6 Å². The van der Waals surface area contributed by atoms with Crippen molar-refractivity contribution in [1.29, 1.82) is 0 Å². The summed E-state index contributed by atoms with van der Waals surface area (Å²) in [6.45, 7) is 1.79. The number of rotatable bonds is 4. The minimum Gasteiger partial charge on any atom is -0.382 e. The van der Waals surface area contributed by atoms with Gasteiger partial charge in [0.2, 0.25) is 0 Å². The SMILES string of the molecule is CC1=C(C(=O)Cc2ccc3cnccc3c2)C(c2ccc(C(F)(F)F)c(F)c2)n2nc(N)cc2C1. The molecule has 2 N–H and O–H groups in total. The van der Waals surface area contributed by atoms with E-state index in [1.807, 2.05) is 24.3 Å². The molecular formula is C26H20F4N4O. The van der Waals surface area contributed by atoms with Gasteiger partial charge in [0.05, 0.1) is 5.56 Å². The lowest BCUT2D eigenvalue weighted by molar-refractivity contribution is -0.140. The fourth-order valence-electron chi connectivity index (χ4n) is 4.69. The molecule has 1 atom stereocenters. The lowest BCUT2D eigenvalue weighted by Gasteiger charge is -2.29. The molecule has 0 aliphatic carbocycles. The summed E-state index contributed by atoms with van der Waals surface area (Å²) in [5, 5.41) is 6.15. The van der Waals surface area contributed by atoms with Crippen LogP contribution in [0.5, 0.6) is 0 Å². The molecule has 0 bridgehead atoms.